The zero-order valence-corrected chi connectivity index (χ0v) is 9.59. The third kappa shape index (κ3) is 5.64. The van der Waals surface area contributed by atoms with Gasteiger partial charge in [0.1, 0.15) is 6.61 Å². The third-order valence-electron chi connectivity index (χ3n) is 2.02. The van der Waals surface area contributed by atoms with Gasteiger partial charge in [-0.15, -0.1) is 0 Å². The van der Waals surface area contributed by atoms with Crippen molar-refractivity contribution in [1.29, 1.82) is 0 Å². The summed E-state index contributed by atoms with van der Waals surface area (Å²) >= 11 is 0. The van der Waals surface area contributed by atoms with E-state index in [1.807, 2.05) is 11.4 Å². The first-order valence-electron chi connectivity index (χ1n) is 5.30. The SMILES string of the molecule is O=C(O)CCC(=O)NC(=O)OCc1ccccc1. The molecule has 0 bridgehead atoms. The smallest absolute Gasteiger partial charge is 0.414 e. The molecule has 0 fully saturated rings. The molecule has 18 heavy (non-hydrogen) atoms. The van der Waals surface area contributed by atoms with Crippen molar-refractivity contribution in [2.45, 2.75) is 19.4 Å². The molecule has 0 aromatic heterocycles. The van der Waals surface area contributed by atoms with Crippen LogP contribution < -0.4 is 5.32 Å². The molecule has 0 atom stereocenters. The van der Waals surface area contributed by atoms with Gasteiger partial charge >= 0.3 is 12.1 Å². The first-order valence-corrected chi connectivity index (χ1v) is 5.30. The number of aliphatic carboxylic acids is 1. The molecule has 1 aromatic rings. The number of imide groups is 1. The minimum absolute atomic E-state index is 0.0544. The predicted molar refractivity (Wildman–Crippen MR) is 61.6 cm³/mol. The predicted octanol–water partition coefficient (Wildman–Crippen LogP) is 1.30. The molecular formula is C12H13NO5. The molecule has 0 aliphatic carbocycles. The van der Waals surface area contributed by atoms with Crippen LogP contribution in [0.4, 0.5) is 4.79 Å². The Kier molecular flexibility index (Phi) is 5.37. The lowest BCUT2D eigenvalue weighted by Gasteiger charge is -2.05. The number of rotatable bonds is 5. The molecule has 0 heterocycles. The van der Waals surface area contributed by atoms with E-state index in [1.165, 1.54) is 0 Å². The number of nitrogens with one attached hydrogen (secondary N) is 1. The van der Waals surface area contributed by atoms with Crippen molar-refractivity contribution in [2.75, 3.05) is 0 Å². The van der Waals surface area contributed by atoms with E-state index in [-0.39, 0.29) is 19.4 Å². The highest BCUT2D eigenvalue weighted by Crippen LogP contribution is 2.00. The Morgan fingerprint density at radius 3 is 2.39 bits per heavy atom. The van der Waals surface area contributed by atoms with Crippen LogP contribution in [0.25, 0.3) is 0 Å². The van der Waals surface area contributed by atoms with Gasteiger partial charge in [0.2, 0.25) is 5.91 Å². The monoisotopic (exact) mass is 251 g/mol. The number of ether oxygens (including phenoxy) is 1. The second-order valence-electron chi connectivity index (χ2n) is 3.50. The Hall–Kier alpha value is -2.37. The number of benzene rings is 1. The average Bonchev–Trinajstić information content (AvgIpc) is 2.35. The second-order valence-corrected chi connectivity index (χ2v) is 3.50. The summed E-state index contributed by atoms with van der Waals surface area (Å²) in [5, 5.41) is 10.3. The lowest BCUT2D eigenvalue weighted by Crippen LogP contribution is -2.31. The second kappa shape index (κ2) is 7.05. The van der Waals surface area contributed by atoms with E-state index in [2.05, 4.69) is 0 Å². The number of alkyl carbamates (subject to hydrolysis) is 1. The standard InChI is InChI=1S/C12H13NO5/c14-10(6-7-11(15)16)13-12(17)18-8-9-4-2-1-3-5-9/h1-5H,6-8H2,(H,15,16)(H,13,14,17). The van der Waals surface area contributed by atoms with Crippen LogP contribution >= 0.6 is 0 Å². The maximum Gasteiger partial charge on any atom is 0.414 e. The van der Waals surface area contributed by atoms with Crippen LogP contribution in [0.15, 0.2) is 30.3 Å². The van der Waals surface area contributed by atoms with Gasteiger partial charge in [0.15, 0.2) is 0 Å². The Balaban J connectivity index is 2.25. The summed E-state index contributed by atoms with van der Waals surface area (Å²) in [6.45, 7) is 0.0544. The van der Waals surface area contributed by atoms with Crippen LogP contribution in [-0.2, 0) is 20.9 Å². The van der Waals surface area contributed by atoms with E-state index in [9.17, 15) is 14.4 Å². The summed E-state index contributed by atoms with van der Waals surface area (Å²) < 4.78 is 4.79. The Labute approximate surface area is 104 Å². The number of hydrogen-bond acceptors (Lipinski definition) is 4. The Morgan fingerprint density at radius 1 is 1.11 bits per heavy atom. The number of carboxylic acids is 1. The summed E-state index contributed by atoms with van der Waals surface area (Å²) in [4.78, 5) is 32.5. The van der Waals surface area contributed by atoms with E-state index >= 15 is 0 Å². The maximum absolute atomic E-state index is 11.2. The topological polar surface area (TPSA) is 92.7 Å². The van der Waals surface area contributed by atoms with Gasteiger partial charge in [-0.3, -0.25) is 14.9 Å². The van der Waals surface area contributed by atoms with Gasteiger partial charge in [-0.05, 0) is 5.56 Å². The molecule has 2 amide bonds. The van der Waals surface area contributed by atoms with Crippen LogP contribution in [0.5, 0.6) is 0 Å². The molecule has 0 aliphatic heterocycles. The average molecular weight is 251 g/mol. The van der Waals surface area contributed by atoms with E-state index in [4.69, 9.17) is 9.84 Å². The zero-order chi connectivity index (χ0) is 13.4. The van der Waals surface area contributed by atoms with E-state index in [0.717, 1.165) is 5.56 Å². The van der Waals surface area contributed by atoms with Crippen LogP contribution in [0.2, 0.25) is 0 Å². The third-order valence-corrected chi connectivity index (χ3v) is 2.02. The van der Waals surface area contributed by atoms with Gasteiger partial charge in [-0.2, -0.15) is 0 Å². The molecule has 2 N–H and O–H groups in total. The lowest BCUT2D eigenvalue weighted by atomic mass is 10.2. The van der Waals surface area contributed by atoms with Crippen LogP contribution in [0.3, 0.4) is 0 Å². The number of carbonyl (C=O) groups excluding carboxylic acids is 2. The van der Waals surface area contributed by atoms with Crippen molar-refractivity contribution in [1.82, 2.24) is 5.32 Å². The van der Waals surface area contributed by atoms with E-state index in [1.54, 1.807) is 24.3 Å². The highest BCUT2D eigenvalue weighted by molar-refractivity contribution is 5.92. The number of hydrogen-bond donors (Lipinski definition) is 2. The fourth-order valence-corrected chi connectivity index (χ4v) is 1.16. The summed E-state index contributed by atoms with van der Waals surface area (Å²) in [5.74, 6) is -1.77. The van der Waals surface area contributed by atoms with Crippen LogP contribution in [0, 0.1) is 0 Å². The van der Waals surface area contributed by atoms with Gasteiger partial charge in [0.05, 0.1) is 6.42 Å². The quantitative estimate of drug-likeness (QED) is 0.822. The molecule has 96 valence electrons. The number of carboxylic acid groups (broad SMARTS) is 1. The van der Waals surface area contributed by atoms with Gasteiger partial charge in [-0.25, -0.2) is 4.79 Å². The normalized spacial score (nSPS) is 9.56. The summed E-state index contributed by atoms with van der Waals surface area (Å²) in [7, 11) is 0. The van der Waals surface area contributed by atoms with Gasteiger partial charge < -0.3 is 9.84 Å². The first kappa shape index (κ1) is 13.7. The van der Waals surface area contributed by atoms with Crippen molar-refractivity contribution in [3.63, 3.8) is 0 Å². The Bertz CT molecular complexity index is 429. The molecule has 1 aromatic carbocycles. The van der Waals surface area contributed by atoms with Crippen molar-refractivity contribution < 1.29 is 24.2 Å². The summed E-state index contributed by atoms with van der Waals surface area (Å²) in [5.41, 5.74) is 0.797. The van der Waals surface area contributed by atoms with Crippen molar-refractivity contribution in [3.05, 3.63) is 35.9 Å². The molecule has 6 nitrogen and oxygen atoms in total. The highest BCUT2D eigenvalue weighted by Gasteiger charge is 2.10. The minimum atomic E-state index is -1.09. The number of amides is 2. The highest BCUT2D eigenvalue weighted by atomic mass is 16.5. The van der Waals surface area contributed by atoms with Crippen molar-refractivity contribution in [3.8, 4) is 0 Å². The molecule has 0 aliphatic rings. The fraction of sp³-hybridized carbons (Fsp3) is 0.250. The molecule has 1 rings (SSSR count). The molecule has 0 spiro atoms. The first-order chi connectivity index (χ1) is 8.58. The van der Waals surface area contributed by atoms with Gasteiger partial charge in [-0.1, -0.05) is 30.3 Å². The van der Waals surface area contributed by atoms with Gasteiger partial charge in [0, 0.05) is 6.42 Å². The minimum Gasteiger partial charge on any atom is -0.481 e. The van der Waals surface area contributed by atoms with Crippen LogP contribution in [-0.4, -0.2) is 23.1 Å². The lowest BCUT2D eigenvalue weighted by molar-refractivity contribution is -0.138. The maximum atomic E-state index is 11.2. The molecule has 0 radical (unpaired) electrons. The van der Waals surface area contributed by atoms with Crippen molar-refractivity contribution in [2.24, 2.45) is 0 Å². The molecule has 0 saturated carbocycles. The van der Waals surface area contributed by atoms with Gasteiger partial charge in [0.25, 0.3) is 0 Å². The largest absolute Gasteiger partial charge is 0.481 e. The Morgan fingerprint density at radius 2 is 1.78 bits per heavy atom. The number of carbonyl (C=O) groups is 3. The molecule has 0 unspecified atom stereocenters. The molecule has 0 saturated heterocycles. The fourth-order valence-electron chi connectivity index (χ4n) is 1.16. The van der Waals surface area contributed by atoms with Crippen molar-refractivity contribution >= 4 is 18.0 Å². The summed E-state index contributed by atoms with van der Waals surface area (Å²) in [6, 6.07) is 8.99. The summed E-state index contributed by atoms with van der Waals surface area (Å²) in [6.07, 6.45) is -1.46. The molecule has 6 heteroatoms. The van der Waals surface area contributed by atoms with Crippen LogP contribution in [0.1, 0.15) is 18.4 Å². The van der Waals surface area contributed by atoms with E-state index in [0.29, 0.717) is 0 Å². The zero-order valence-electron chi connectivity index (χ0n) is 9.59. The molecular weight excluding hydrogens is 238 g/mol. The van der Waals surface area contributed by atoms with E-state index < -0.39 is 18.0 Å².